The Morgan fingerprint density at radius 1 is 0.913 bits per heavy atom. The maximum Gasteiger partial charge on any atom is 0.263 e. The standard InChI is InChI=1S/C17H17N3O2S/c1-20(2)15-9-5-8-14-13(15)7-6-10-16(14)23(21,22)19-17-11-3-4-12-18-17/h3-12H,1-2H3,(H,18,19). The molecule has 1 aromatic heterocycles. The van der Waals surface area contributed by atoms with Gasteiger partial charge in [0.1, 0.15) is 5.82 Å². The lowest BCUT2D eigenvalue weighted by Crippen LogP contribution is -2.15. The van der Waals surface area contributed by atoms with E-state index in [-0.39, 0.29) is 4.90 Å². The molecule has 118 valence electrons. The van der Waals surface area contributed by atoms with Gasteiger partial charge in [-0.15, -0.1) is 0 Å². The number of hydrogen-bond acceptors (Lipinski definition) is 4. The monoisotopic (exact) mass is 327 g/mol. The molecular formula is C17H17N3O2S. The maximum atomic E-state index is 12.7. The summed E-state index contributed by atoms with van der Waals surface area (Å²) in [5.41, 5.74) is 0.970. The van der Waals surface area contributed by atoms with Gasteiger partial charge in [0.15, 0.2) is 0 Å². The summed E-state index contributed by atoms with van der Waals surface area (Å²) in [5, 5.41) is 1.57. The first kappa shape index (κ1) is 15.3. The van der Waals surface area contributed by atoms with E-state index in [1.807, 2.05) is 43.3 Å². The molecule has 0 radical (unpaired) electrons. The molecule has 3 aromatic rings. The third kappa shape index (κ3) is 2.98. The van der Waals surface area contributed by atoms with Crippen molar-refractivity contribution in [2.75, 3.05) is 23.7 Å². The van der Waals surface area contributed by atoms with Crippen molar-refractivity contribution in [2.24, 2.45) is 0 Å². The first-order valence-electron chi connectivity index (χ1n) is 7.12. The quantitative estimate of drug-likeness (QED) is 0.800. The zero-order valence-electron chi connectivity index (χ0n) is 12.9. The molecule has 1 N–H and O–H groups in total. The Hall–Kier alpha value is -2.60. The summed E-state index contributed by atoms with van der Waals surface area (Å²) in [6.45, 7) is 0. The second kappa shape index (κ2) is 5.89. The third-order valence-electron chi connectivity index (χ3n) is 3.53. The highest BCUT2D eigenvalue weighted by molar-refractivity contribution is 7.93. The number of sulfonamides is 1. The van der Waals surface area contributed by atoms with Gasteiger partial charge >= 0.3 is 0 Å². The molecule has 0 aliphatic rings. The summed E-state index contributed by atoms with van der Waals surface area (Å²) in [5.74, 6) is 0.299. The summed E-state index contributed by atoms with van der Waals surface area (Å²) in [7, 11) is 0.152. The summed E-state index contributed by atoms with van der Waals surface area (Å²) in [6, 6.07) is 16.0. The first-order valence-corrected chi connectivity index (χ1v) is 8.60. The Bertz CT molecular complexity index is 938. The van der Waals surface area contributed by atoms with Crippen LogP contribution in [-0.2, 0) is 10.0 Å². The molecule has 0 unspecified atom stereocenters. The van der Waals surface area contributed by atoms with Crippen molar-refractivity contribution in [3.8, 4) is 0 Å². The molecule has 2 aromatic carbocycles. The number of hydrogen-bond donors (Lipinski definition) is 1. The zero-order chi connectivity index (χ0) is 16.4. The fraction of sp³-hybridized carbons (Fsp3) is 0.118. The van der Waals surface area contributed by atoms with Gasteiger partial charge in [0.2, 0.25) is 0 Å². The second-order valence-electron chi connectivity index (χ2n) is 5.34. The lowest BCUT2D eigenvalue weighted by Gasteiger charge is -2.17. The number of nitrogens with zero attached hydrogens (tertiary/aromatic N) is 2. The van der Waals surface area contributed by atoms with E-state index < -0.39 is 10.0 Å². The van der Waals surface area contributed by atoms with E-state index >= 15 is 0 Å². The number of nitrogens with one attached hydrogen (secondary N) is 1. The number of benzene rings is 2. The highest BCUT2D eigenvalue weighted by Gasteiger charge is 2.18. The lowest BCUT2D eigenvalue weighted by molar-refractivity contribution is 0.602. The minimum absolute atomic E-state index is 0.240. The SMILES string of the molecule is CN(C)c1cccc2c(S(=O)(=O)Nc3ccccn3)cccc12. The smallest absolute Gasteiger partial charge is 0.263 e. The second-order valence-corrected chi connectivity index (χ2v) is 6.99. The molecule has 3 rings (SSSR count). The predicted octanol–water partition coefficient (Wildman–Crippen LogP) is 3.10. The summed E-state index contributed by atoms with van der Waals surface area (Å²) >= 11 is 0. The molecule has 0 aliphatic carbocycles. The molecule has 1 heterocycles. The van der Waals surface area contributed by atoms with E-state index in [4.69, 9.17) is 0 Å². The van der Waals surface area contributed by atoms with E-state index in [0.717, 1.165) is 11.1 Å². The molecule has 0 fully saturated rings. The zero-order valence-corrected chi connectivity index (χ0v) is 13.7. The van der Waals surface area contributed by atoms with Crippen LogP contribution in [0.1, 0.15) is 0 Å². The molecule has 0 amide bonds. The third-order valence-corrected chi connectivity index (χ3v) is 4.95. The van der Waals surface area contributed by atoms with Crippen molar-refractivity contribution in [3.63, 3.8) is 0 Å². The van der Waals surface area contributed by atoms with E-state index in [1.54, 1.807) is 36.5 Å². The van der Waals surface area contributed by atoms with Gasteiger partial charge in [-0.05, 0) is 24.3 Å². The average molecular weight is 327 g/mol. The van der Waals surface area contributed by atoms with Gasteiger partial charge in [-0.25, -0.2) is 13.4 Å². The summed E-state index contributed by atoms with van der Waals surface area (Å²) < 4.78 is 28.0. The largest absolute Gasteiger partial charge is 0.377 e. The van der Waals surface area contributed by atoms with Crippen molar-refractivity contribution in [1.29, 1.82) is 0 Å². The minimum Gasteiger partial charge on any atom is -0.377 e. The van der Waals surface area contributed by atoms with Crippen LogP contribution in [0.3, 0.4) is 0 Å². The molecule has 0 spiro atoms. The number of anilines is 2. The molecule has 0 bridgehead atoms. The normalized spacial score (nSPS) is 11.4. The van der Waals surface area contributed by atoms with Crippen LogP contribution in [0.15, 0.2) is 65.7 Å². The number of aromatic nitrogens is 1. The van der Waals surface area contributed by atoms with E-state index in [9.17, 15) is 8.42 Å². The van der Waals surface area contributed by atoms with E-state index in [0.29, 0.717) is 11.2 Å². The fourth-order valence-corrected chi connectivity index (χ4v) is 3.74. The van der Waals surface area contributed by atoms with Crippen LogP contribution in [-0.4, -0.2) is 27.5 Å². The summed E-state index contributed by atoms with van der Waals surface area (Å²) in [4.78, 5) is 6.22. The van der Waals surface area contributed by atoms with Crippen LogP contribution in [0.25, 0.3) is 10.8 Å². The highest BCUT2D eigenvalue weighted by atomic mass is 32.2. The van der Waals surface area contributed by atoms with Gasteiger partial charge in [-0.3, -0.25) is 4.72 Å². The Balaban J connectivity index is 2.14. The lowest BCUT2D eigenvalue weighted by atomic mass is 10.1. The van der Waals surface area contributed by atoms with Gasteiger partial charge in [-0.1, -0.05) is 30.3 Å². The Morgan fingerprint density at radius 2 is 1.65 bits per heavy atom. The van der Waals surface area contributed by atoms with Crippen molar-refractivity contribution >= 4 is 32.3 Å². The van der Waals surface area contributed by atoms with Crippen LogP contribution in [0.5, 0.6) is 0 Å². The molecule has 23 heavy (non-hydrogen) atoms. The molecule has 6 heteroatoms. The average Bonchev–Trinajstić information content (AvgIpc) is 2.54. The van der Waals surface area contributed by atoms with Gasteiger partial charge in [-0.2, -0.15) is 0 Å². The Labute approximate surface area is 135 Å². The molecule has 0 atom stereocenters. The topological polar surface area (TPSA) is 62.3 Å². The number of fused-ring (bicyclic) bond motifs is 1. The van der Waals surface area contributed by atoms with E-state index in [2.05, 4.69) is 9.71 Å². The molecule has 0 saturated heterocycles. The van der Waals surface area contributed by atoms with Gasteiger partial charge in [0.25, 0.3) is 10.0 Å². The number of pyridine rings is 1. The van der Waals surface area contributed by atoms with Crippen LogP contribution in [0, 0.1) is 0 Å². The molecule has 5 nitrogen and oxygen atoms in total. The van der Waals surface area contributed by atoms with Gasteiger partial charge in [0, 0.05) is 36.8 Å². The van der Waals surface area contributed by atoms with Crippen molar-refractivity contribution in [3.05, 3.63) is 60.8 Å². The summed E-state index contributed by atoms with van der Waals surface area (Å²) in [6.07, 6.45) is 1.55. The van der Waals surface area contributed by atoms with Crippen molar-refractivity contribution < 1.29 is 8.42 Å². The van der Waals surface area contributed by atoms with Crippen LogP contribution < -0.4 is 9.62 Å². The Kier molecular flexibility index (Phi) is 3.92. The predicted molar refractivity (Wildman–Crippen MR) is 93.3 cm³/mol. The van der Waals surface area contributed by atoms with E-state index in [1.165, 1.54) is 0 Å². The Morgan fingerprint density at radius 3 is 2.35 bits per heavy atom. The minimum atomic E-state index is -3.71. The number of rotatable bonds is 4. The first-order chi connectivity index (χ1) is 11.0. The fourth-order valence-electron chi connectivity index (χ4n) is 2.50. The molecular weight excluding hydrogens is 310 g/mol. The molecule has 0 aliphatic heterocycles. The highest BCUT2D eigenvalue weighted by Crippen LogP contribution is 2.30. The van der Waals surface area contributed by atoms with Crippen LogP contribution >= 0.6 is 0 Å². The van der Waals surface area contributed by atoms with Gasteiger partial charge < -0.3 is 4.90 Å². The van der Waals surface area contributed by atoms with Crippen LogP contribution in [0.2, 0.25) is 0 Å². The van der Waals surface area contributed by atoms with Crippen LogP contribution in [0.4, 0.5) is 11.5 Å². The molecule has 0 saturated carbocycles. The van der Waals surface area contributed by atoms with Crippen molar-refractivity contribution in [2.45, 2.75) is 4.90 Å². The van der Waals surface area contributed by atoms with Gasteiger partial charge in [0.05, 0.1) is 4.90 Å². The van der Waals surface area contributed by atoms with Crippen molar-refractivity contribution in [1.82, 2.24) is 4.98 Å². The maximum absolute atomic E-state index is 12.7.